The zero-order valence-corrected chi connectivity index (χ0v) is 80.1. The molecule has 0 saturated heterocycles. The number of hydrogen-bond donors (Lipinski definition) is 2. The summed E-state index contributed by atoms with van der Waals surface area (Å²) in [6.45, 7) is 21.9. The smallest absolute Gasteiger partial charge is 0.439 e. The maximum absolute atomic E-state index is 11.9. The van der Waals surface area contributed by atoms with Gasteiger partial charge in [-0.2, -0.15) is 10.2 Å². The fraction of sp³-hybridized carbons (Fsp3) is 0.154. The van der Waals surface area contributed by atoms with Crippen molar-refractivity contribution < 1.29 is 50.1 Å². The van der Waals surface area contributed by atoms with Crippen molar-refractivity contribution in [3.63, 3.8) is 0 Å². The average Bonchev–Trinajstić information content (AvgIpc) is 1.66. The van der Waals surface area contributed by atoms with E-state index in [0.29, 0.717) is 84.3 Å². The SMILES string of the molecule is CCc1ccc(OCc2ccccc2)c2c(-c3nc(C)no3)cc(-c3oc4ccccc4c3C)nc12.CCc1ccc(OCc2ccccc2)c2c(-c3nn[nH]n3)cc(-c3oc4ccccc4c3C)nc12.CCc1ccc(OCc2ccccc2)c2c(-c3nnc(C)o3)cc(-c3oc4ccccc4c3C)nc12.CCc1ccc(OCc2ccccc2)c2c(-c3noc(=O)[nH]3)cc(-c3oc4ccccc4c3C)nc12. The molecule has 0 saturated carbocycles. The van der Waals surface area contributed by atoms with Crippen LogP contribution in [0.5, 0.6) is 23.0 Å². The van der Waals surface area contributed by atoms with E-state index in [9.17, 15) is 4.79 Å². The van der Waals surface area contributed by atoms with E-state index in [1.54, 1.807) is 6.92 Å². The highest BCUT2D eigenvalue weighted by Crippen LogP contribution is 2.48. The number of nitrogens with zero attached hydrogens (tertiary/aromatic N) is 12. The molecule has 706 valence electrons. The minimum absolute atomic E-state index is 0.306. The van der Waals surface area contributed by atoms with Crippen LogP contribution in [0.1, 0.15) is 106 Å². The molecule has 24 aromatic rings. The van der Waals surface area contributed by atoms with Gasteiger partial charge >= 0.3 is 5.76 Å². The van der Waals surface area contributed by atoms with Crippen molar-refractivity contribution in [3.05, 3.63) is 380 Å². The number of tetrazole rings is 1. The molecular weight excluding hydrogens is 1790 g/mol. The Balaban J connectivity index is 0.000000113. The summed E-state index contributed by atoms with van der Waals surface area (Å²) in [6.07, 6.45) is 3.21. The quantitative estimate of drug-likeness (QED) is 0.0567. The van der Waals surface area contributed by atoms with Gasteiger partial charge in [-0.15, -0.1) is 20.4 Å². The number of hydrogen-bond acceptors (Lipinski definition) is 24. The summed E-state index contributed by atoms with van der Waals surface area (Å²) in [5.41, 5.74) is 25.1. The first-order valence-corrected chi connectivity index (χ1v) is 47.5. The number of para-hydroxylation sites is 4. The molecule has 12 aromatic heterocycles. The summed E-state index contributed by atoms with van der Waals surface area (Å²) in [5, 5.41) is 39.0. The molecule has 26 nitrogen and oxygen atoms in total. The second-order valence-corrected chi connectivity index (χ2v) is 34.7. The molecule has 0 amide bonds. The molecule has 0 aliphatic carbocycles. The van der Waals surface area contributed by atoms with Gasteiger partial charge in [0.05, 0.1) is 54.7 Å². The molecule has 2 N–H and O–H groups in total. The monoisotopic (exact) mass is 1890 g/mol. The van der Waals surface area contributed by atoms with E-state index in [1.165, 1.54) is 0 Å². The van der Waals surface area contributed by atoms with Crippen LogP contribution in [0.2, 0.25) is 0 Å². The van der Waals surface area contributed by atoms with Crippen LogP contribution < -0.4 is 24.7 Å². The fourth-order valence-electron chi connectivity index (χ4n) is 18.3. The number of fused-ring (bicyclic) bond motifs is 8. The van der Waals surface area contributed by atoms with Crippen molar-refractivity contribution in [2.45, 2.75) is 121 Å². The minimum atomic E-state index is -0.630. The van der Waals surface area contributed by atoms with Crippen molar-refractivity contribution in [1.29, 1.82) is 0 Å². The van der Waals surface area contributed by atoms with Crippen LogP contribution in [-0.2, 0) is 52.1 Å². The standard InChI is InChI=1S/2C30H25N3O3.C29H23N3O4.C28H23N5O2/c1-4-21-14-15-26(34-17-20-10-6-5-7-11-20)27-23(30-33-32-19(3)35-30)16-24(31-28(21)27)29-18(2)22-12-8-9-13-25(22)36-29;1-4-21-14-15-26(34-17-20-10-6-5-7-11-20)27-23(30-31-19(3)33-36-30)16-24(32-28(21)27)29-18(2)22-12-8-9-13-25(22)35-29;1-3-19-13-14-24(34-16-18-9-5-4-6-10-18)25-21(28-31-29(33)36-32-28)15-22(30-26(19)25)27-17(2)20-11-7-8-12-23(20)35-27;1-3-19-13-14-24(34-16-18-9-5-4-6-10-18)25-21(28-30-32-33-31-28)15-22(29-26(19)25)27-17(2)20-11-7-8-12-23(20)35-27/h2*5-16H,4,17H2,1-3H3;4-15H,3,16H2,1-2H3,(H,31,32,33);4-15H,3,16H2,1-2H3,(H,30,31,32,33). The molecular formula is C117H96N14O12. The summed E-state index contributed by atoms with van der Waals surface area (Å²) in [7, 11) is 0. The van der Waals surface area contributed by atoms with E-state index in [0.717, 1.165) is 248 Å². The summed E-state index contributed by atoms with van der Waals surface area (Å²) in [4.78, 5) is 39.5. The normalized spacial score (nSPS) is 11.4. The first-order valence-electron chi connectivity index (χ1n) is 47.5. The number of aromatic nitrogens is 14. The minimum Gasteiger partial charge on any atom is -0.488 e. The highest BCUT2D eigenvalue weighted by Gasteiger charge is 2.30. The van der Waals surface area contributed by atoms with E-state index in [-0.39, 0.29) is 0 Å². The summed E-state index contributed by atoms with van der Waals surface area (Å²) >= 11 is 0. The molecule has 12 aromatic carbocycles. The largest absolute Gasteiger partial charge is 0.488 e. The van der Waals surface area contributed by atoms with E-state index in [2.05, 4.69) is 136 Å². The van der Waals surface area contributed by atoms with E-state index < -0.39 is 5.76 Å². The van der Waals surface area contributed by atoms with Gasteiger partial charge in [0, 0.05) is 61.8 Å². The number of benzene rings is 12. The molecule has 0 fully saturated rings. The molecule has 26 heteroatoms. The van der Waals surface area contributed by atoms with Crippen LogP contribution >= 0.6 is 0 Å². The molecule has 0 atom stereocenters. The summed E-state index contributed by atoms with van der Waals surface area (Å²) in [6, 6.07) is 96.2. The summed E-state index contributed by atoms with van der Waals surface area (Å²) < 4.78 is 66.7. The Morgan fingerprint density at radius 2 is 0.629 bits per heavy atom. The van der Waals surface area contributed by atoms with Crippen LogP contribution in [0.4, 0.5) is 0 Å². The van der Waals surface area contributed by atoms with Gasteiger partial charge in [-0.3, -0.25) is 9.51 Å². The zero-order chi connectivity index (χ0) is 97.7. The van der Waals surface area contributed by atoms with Gasteiger partial charge in [-0.05, 0) is 183 Å². The Bertz CT molecular complexity index is 8590. The van der Waals surface area contributed by atoms with E-state index >= 15 is 0 Å². The van der Waals surface area contributed by atoms with Gasteiger partial charge < -0.3 is 45.6 Å². The van der Waals surface area contributed by atoms with Crippen molar-refractivity contribution in [3.8, 4) is 114 Å². The highest BCUT2D eigenvalue weighted by molar-refractivity contribution is 6.06. The molecule has 0 aliphatic heterocycles. The topological polar surface area (TPSA) is 332 Å². The lowest BCUT2D eigenvalue weighted by Gasteiger charge is -2.15. The molecule has 24 rings (SSSR count). The number of pyridine rings is 4. The number of nitrogens with one attached hydrogen (secondary N) is 2. The average molecular weight is 1890 g/mol. The van der Waals surface area contributed by atoms with Crippen LogP contribution in [0.25, 0.3) is 179 Å². The zero-order valence-electron chi connectivity index (χ0n) is 80.1. The predicted octanol–water partition coefficient (Wildman–Crippen LogP) is 27.6. The van der Waals surface area contributed by atoms with Gasteiger partial charge in [0.25, 0.3) is 5.89 Å². The highest BCUT2D eigenvalue weighted by atomic mass is 16.5. The van der Waals surface area contributed by atoms with Crippen molar-refractivity contribution in [2.75, 3.05) is 0 Å². The third kappa shape index (κ3) is 18.5. The second-order valence-electron chi connectivity index (χ2n) is 34.7. The lowest BCUT2D eigenvalue weighted by molar-refractivity contribution is 0.310. The number of aromatic amines is 2. The first kappa shape index (κ1) is 91.3. The molecule has 12 heterocycles. The van der Waals surface area contributed by atoms with Gasteiger partial charge in [0.1, 0.15) is 94.5 Å². The van der Waals surface area contributed by atoms with Crippen LogP contribution in [0, 0.1) is 41.5 Å². The number of aryl methyl sites for hydroxylation is 10. The van der Waals surface area contributed by atoms with Crippen molar-refractivity contribution in [1.82, 2.24) is 71.0 Å². The lowest BCUT2D eigenvalue weighted by Crippen LogP contribution is -2.01. The fourth-order valence-corrected chi connectivity index (χ4v) is 18.3. The predicted molar refractivity (Wildman–Crippen MR) is 553 cm³/mol. The lowest BCUT2D eigenvalue weighted by atomic mass is 9.99. The number of H-pyrrole nitrogens is 2. The molecule has 0 radical (unpaired) electrons. The Morgan fingerprint density at radius 3 is 0.930 bits per heavy atom. The third-order valence-electron chi connectivity index (χ3n) is 25.6. The Labute approximate surface area is 819 Å². The van der Waals surface area contributed by atoms with E-state index in [4.69, 9.17) is 70.0 Å². The Kier molecular flexibility index (Phi) is 25.7. The van der Waals surface area contributed by atoms with Crippen molar-refractivity contribution >= 4 is 87.5 Å². The maximum atomic E-state index is 11.9. The van der Waals surface area contributed by atoms with Gasteiger partial charge in [0.15, 0.2) is 34.7 Å². The van der Waals surface area contributed by atoms with Gasteiger partial charge in [-0.1, -0.05) is 256 Å². The number of rotatable bonds is 24. The van der Waals surface area contributed by atoms with Crippen LogP contribution in [0.3, 0.4) is 0 Å². The Hall–Kier alpha value is -18.1. The number of furan rings is 4. The second kappa shape index (κ2) is 40.2. The molecule has 0 spiro atoms. The third-order valence-corrected chi connectivity index (χ3v) is 25.6. The first-order chi connectivity index (χ1) is 70.1. The van der Waals surface area contributed by atoms with Gasteiger partial charge in [-0.25, -0.2) is 24.7 Å². The molecule has 0 aliphatic rings. The molecule has 143 heavy (non-hydrogen) atoms. The van der Waals surface area contributed by atoms with Crippen molar-refractivity contribution in [2.24, 2.45) is 0 Å². The van der Waals surface area contributed by atoms with E-state index in [1.807, 2.05) is 269 Å². The Morgan fingerprint density at radius 1 is 0.308 bits per heavy atom. The molecule has 0 unspecified atom stereocenters. The summed E-state index contributed by atoms with van der Waals surface area (Å²) in [5.74, 6) is 7.73. The van der Waals surface area contributed by atoms with Crippen LogP contribution in [0.15, 0.2) is 327 Å². The van der Waals surface area contributed by atoms with Crippen LogP contribution in [-0.4, -0.2) is 71.0 Å². The molecule has 0 bridgehead atoms. The number of ether oxygens (including phenoxy) is 4. The van der Waals surface area contributed by atoms with Gasteiger partial charge in [0.2, 0.25) is 17.6 Å². The maximum Gasteiger partial charge on any atom is 0.439 e.